The molecule has 0 radical (unpaired) electrons. The molecule has 6 heteroatoms. The Hall–Kier alpha value is -1.44. The molecule has 0 aromatic carbocycles. The van der Waals surface area contributed by atoms with Crippen molar-refractivity contribution in [1.29, 1.82) is 0 Å². The van der Waals surface area contributed by atoms with Crippen LogP contribution in [-0.4, -0.2) is 24.3 Å². The molecule has 16 heavy (non-hydrogen) atoms. The Morgan fingerprint density at radius 3 is 2.94 bits per heavy atom. The first kappa shape index (κ1) is 9.76. The van der Waals surface area contributed by atoms with Gasteiger partial charge in [-0.25, -0.2) is 14.6 Å². The Balaban J connectivity index is 2.31. The lowest BCUT2D eigenvalue weighted by atomic mass is 10.4. The van der Waals surface area contributed by atoms with Crippen molar-refractivity contribution in [2.24, 2.45) is 7.05 Å². The Bertz CT molecular complexity index is 654. The second-order valence-electron chi connectivity index (χ2n) is 3.46. The molecule has 0 aliphatic carbocycles. The molecule has 0 aliphatic heterocycles. The lowest BCUT2D eigenvalue weighted by Crippen LogP contribution is -1.99. The molecule has 0 bridgehead atoms. The molecule has 0 aliphatic rings. The highest BCUT2D eigenvalue weighted by Gasteiger charge is 2.09. The highest BCUT2D eigenvalue weighted by molar-refractivity contribution is 14.1. The zero-order valence-corrected chi connectivity index (χ0v) is 10.7. The van der Waals surface area contributed by atoms with Crippen molar-refractivity contribution in [3.8, 4) is 5.82 Å². The predicted octanol–water partition coefficient (Wildman–Crippen LogP) is 1.76. The van der Waals surface area contributed by atoms with E-state index >= 15 is 0 Å². The fraction of sp³-hybridized carbons (Fsp3) is 0.100. The first-order valence-corrected chi connectivity index (χ1v) is 5.80. The van der Waals surface area contributed by atoms with Gasteiger partial charge in [-0.3, -0.25) is 0 Å². The van der Waals surface area contributed by atoms with Crippen LogP contribution in [0.4, 0.5) is 0 Å². The van der Waals surface area contributed by atoms with E-state index in [0.29, 0.717) is 0 Å². The van der Waals surface area contributed by atoms with E-state index in [1.54, 1.807) is 23.4 Å². The molecule has 0 saturated heterocycles. The fourth-order valence-electron chi connectivity index (χ4n) is 1.63. The molecule has 0 N–H and O–H groups in total. The van der Waals surface area contributed by atoms with Crippen LogP contribution in [0.1, 0.15) is 0 Å². The van der Waals surface area contributed by atoms with E-state index in [1.165, 1.54) is 0 Å². The van der Waals surface area contributed by atoms with Crippen LogP contribution in [0.3, 0.4) is 0 Å². The average molecular weight is 325 g/mol. The number of pyridine rings is 1. The summed E-state index contributed by atoms with van der Waals surface area (Å²) in [6.07, 6.45) is 7.28. The summed E-state index contributed by atoms with van der Waals surface area (Å²) in [5, 5.41) is 4.24. The number of hydrogen-bond donors (Lipinski definition) is 0. The molecule has 0 unspecified atom stereocenters. The Labute approximate surface area is 105 Å². The van der Waals surface area contributed by atoms with Crippen molar-refractivity contribution in [2.75, 3.05) is 0 Å². The predicted molar refractivity (Wildman–Crippen MR) is 68.3 cm³/mol. The van der Waals surface area contributed by atoms with Gasteiger partial charge in [-0.2, -0.15) is 5.10 Å². The van der Waals surface area contributed by atoms with Crippen LogP contribution in [0.5, 0.6) is 0 Å². The molecule has 3 rings (SSSR count). The molecule has 0 spiro atoms. The number of halogens is 1. The molecule has 3 heterocycles. The third-order valence-electron chi connectivity index (χ3n) is 2.39. The summed E-state index contributed by atoms with van der Waals surface area (Å²) in [7, 11) is 1.96. The van der Waals surface area contributed by atoms with Crippen LogP contribution in [0, 0.1) is 3.57 Å². The summed E-state index contributed by atoms with van der Waals surface area (Å²) in [5.41, 5.74) is 1.92. The number of hydrogen-bond acceptors (Lipinski definition) is 3. The maximum Gasteiger partial charge on any atom is 0.181 e. The Morgan fingerprint density at radius 1 is 1.31 bits per heavy atom. The molecule has 0 amide bonds. The lowest BCUT2D eigenvalue weighted by molar-refractivity contribution is 0.853. The largest absolute Gasteiger partial charge is 0.334 e. The summed E-state index contributed by atoms with van der Waals surface area (Å²) in [6.45, 7) is 0. The Kier molecular flexibility index (Phi) is 2.16. The third kappa shape index (κ3) is 1.41. The van der Waals surface area contributed by atoms with Gasteiger partial charge in [0, 0.05) is 19.4 Å². The molecular weight excluding hydrogens is 317 g/mol. The number of imidazole rings is 1. The zero-order valence-electron chi connectivity index (χ0n) is 8.50. The summed E-state index contributed by atoms with van der Waals surface area (Å²) in [6, 6.07) is 1.94. The third-order valence-corrected chi connectivity index (χ3v) is 2.95. The number of aryl methyl sites for hydroxylation is 1. The van der Waals surface area contributed by atoms with Crippen molar-refractivity contribution >= 4 is 33.6 Å². The van der Waals surface area contributed by atoms with Crippen molar-refractivity contribution < 1.29 is 0 Å². The van der Waals surface area contributed by atoms with Gasteiger partial charge in [0.25, 0.3) is 0 Å². The molecule has 80 valence electrons. The topological polar surface area (TPSA) is 48.5 Å². The van der Waals surface area contributed by atoms with Crippen molar-refractivity contribution in [1.82, 2.24) is 24.3 Å². The highest BCUT2D eigenvalue weighted by atomic mass is 127. The van der Waals surface area contributed by atoms with Crippen LogP contribution < -0.4 is 0 Å². The maximum atomic E-state index is 4.34. The SMILES string of the molecule is Cn1cnc2c(-n3cc(I)cn3)nccc21. The van der Waals surface area contributed by atoms with Gasteiger partial charge in [0.2, 0.25) is 0 Å². The van der Waals surface area contributed by atoms with Crippen LogP contribution in [0.2, 0.25) is 0 Å². The minimum atomic E-state index is 0.765. The number of nitrogens with zero attached hydrogens (tertiary/aromatic N) is 5. The van der Waals surface area contributed by atoms with Crippen molar-refractivity contribution in [2.45, 2.75) is 0 Å². The molecule has 0 atom stereocenters. The minimum absolute atomic E-state index is 0.765. The quantitative estimate of drug-likeness (QED) is 0.641. The maximum absolute atomic E-state index is 4.34. The van der Waals surface area contributed by atoms with Crippen molar-refractivity contribution in [3.63, 3.8) is 0 Å². The number of aromatic nitrogens is 5. The van der Waals surface area contributed by atoms with Crippen LogP contribution in [-0.2, 0) is 7.05 Å². The highest BCUT2D eigenvalue weighted by Crippen LogP contribution is 2.17. The van der Waals surface area contributed by atoms with Gasteiger partial charge in [-0.15, -0.1) is 0 Å². The van der Waals surface area contributed by atoms with Gasteiger partial charge >= 0.3 is 0 Å². The van der Waals surface area contributed by atoms with E-state index in [9.17, 15) is 0 Å². The summed E-state index contributed by atoms with van der Waals surface area (Å²) < 4.78 is 4.79. The normalized spacial score (nSPS) is 11.1. The minimum Gasteiger partial charge on any atom is -0.334 e. The smallest absolute Gasteiger partial charge is 0.181 e. The van der Waals surface area contributed by atoms with E-state index in [1.807, 2.05) is 23.9 Å². The second kappa shape index (κ2) is 3.55. The first-order valence-electron chi connectivity index (χ1n) is 4.72. The van der Waals surface area contributed by atoms with Gasteiger partial charge in [-0.1, -0.05) is 0 Å². The van der Waals surface area contributed by atoms with Gasteiger partial charge in [0.05, 0.1) is 21.6 Å². The van der Waals surface area contributed by atoms with Gasteiger partial charge < -0.3 is 4.57 Å². The van der Waals surface area contributed by atoms with Crippen LogP contribution in [0.15, 0.2) is 31.0 Å². The van der Waals surface area contributed by atoms with E-state index in [0.717, 1.165) is 20.4 Å². The average Bonchev–Trinajstić information content (AvgIpc) is 2.86. The monoisotopic (exact) mass is 325 g/mol. The van der Waals surface area contributed by atoms with E-state index < -0.39 is 0 Å². The molecule has 0 saturated carbocycles. The standard InChI is InChI=1S/C10H8IN5/c1-15-6-13-9-8(15)2-3-12-10(9)16-5-7(11)4-14-16/h2-6H,1H3. The first-order chi connectivity index (χ1) is 7.75. The molecule has 5 nitrogen and oxygen atoms in total. The molecule has 3 aromatic heterocycles. The van der Waals surface area contributed by atoms with Gasteiger partial charge in [0.1, 0.15) is 5.52 Å². The van der Waals surface area contributed by atoms with Gasteiger partial charge in [-0.05, 0) is 28.7 Å². The van der Waals surface area contributed by atoms with Crippen LogP contribution in [0.25, 0.3) is 16.9 Å². The summed E-state index contributed by atoms with van der Waals surface area (Å²) in [5.74, 6) is 0.765. The fourth-order valence-corrected chi connectivity index (χ4v) is 2.02. The molecular formula is C10H8IN5. The summed E-state index contributed by atoms with van der Waals surface area (Å²) >= 11 is 2.22. The van der Waals surface area contributed by atoms with Crippen molar-refractivity contribution in [3.05, 3.63) is 34.6 Å². The van der Waals surface area contributed by atoms with Gasteiger partial charge in [0.15, 0.2) is 5.82 Å². The van der Waals surface area contributed by atoms with E-state index in [-0.39, 0.29) is 0 Å². The Morgan fingerprint density at radius 2 is 2.19 bits per heavy atom. The molecule has 0 fully saturated rings. The van der Waals surface area contributed by atoms with E-state index in [2.05, 4.69) is 37.7 Å². The van der Waals surface area contributed by atoms with Crippen LogP contribution >= 0.6 is 22.6 Å². The number of rotatable bonds is 1. The lowest BCUT2D eigenvalue weighted by Gasteiger charge is -2.01. The number of fused-ring (bicyclic) bond motifs is 1. The second-order valence-corrected chi connectivity index (χ2v) is 4.71. The zero-order chi connectivity index (χ0) is 11.1. The summed E-state index contributed by atoms with van der Waals surface area (Å²) in [4.78, 5) is 8.67. The van der Waals surface area contributed by atoms with E-state index in [4.69, 9.17) is 0 Å². The molecule has 3 aromatic rings.